The van der Waals surface area contributed by atoms with Crippen molar-refractivity contribution in [2.75, 3.05) is 6.26 Å². The predicted octanol–water partition coefficient (Wildman–Crippen LogP) is 2.26. The molecule has 0 saturated carbocycles. The second-order valence-electron chi connectivity index (χ2n) is 1.93. The van der Waals surface area contributed by atoms with Crippen LogP contribution in [0.15, 0.2) is 8.68 Å². The van der Waals surface area contributed by atoms with Gasteiger partial charge in [0.15, 0.2) is 8.68 Å². The van der Waals surface area contributed by atoms with Crippen molar-refractivity contribution >= 4 is 34.9 Å². The van der Waals surface area contributed by atoms with E-state index in [2.05, 4.69) is 16.3 Å². The average Bonchev–Trinajstić information content (AvgIpc) is 2.52. The van der Waals surface area contributed by atoms with E-state index < -0.39 is 0 Å². The number of rotatable bonds is 3. The van der Waals surface area contributed by atoms with E-state index in [9.17, 15) is 0 Å². The molecule has 0 aliphatic rings. The summed E-state index contributed by atoms with van der Waals surface area (Å²) in [7, 11) is 0. The maximum atomic E-state index is 8.54. The summed E-state index contributed by atoms with van der Waals surface area (Å²) in [6.07, 6.45) is 1.96. The summed E-state index contributed by atoms with van der Waals surface area (Å²) >= 11 is 4.55. The van der Waals surface area contributed by atoms with E-state index in [0.717, 1.165) is 8.68 Å². The van der Waals surface area contributed by atoms with Crippen molar-refractivity contribution in [1.29, 1.82) is 5.26 Å². The molecule has 6 heteroatoms. The fourth-order valence-corrected chi connectivity index (χ4v) is 2.97. The molecule has 0 aromatic carbocycles. The third-order valence-electron chi connectivity index (χ3n) is 1.02. The Labute approximate surface area is 83.6 Å². The van der Waals surface area contributed by atoms with Crippen molar-refractivity contribution in [2.45, 2.75) is 20.9 Å². The van der Waals surface area contributed by atoms with E-state index in [1.165, 1.54) is 23.1 Å². The molecule has 0 N–H and O–H groups in total. The molecule has 3 nitrogen and oxygen atoms in total. The van der Waals surface area contributed by atoms with Crippen LogP contribution < -0.4 is 0 Å². The lowest BCUT2D eigenvalue weighted by molar-refractivity contribution is 0.954. The number of nitrogens with zero attached hydrogens (tertiary/aromatic N) is 3. The van der Waals surface area contributed by atoms with E-state index in [1.807, 2.05) is 13.2 Å². The number of hydrogen-bond donors (Lipinski definition) is 0. The summed E-state index contributed by atoms with van der Waals surface area (Å²) in [6, 6.07) is 2.14. The average molecular weight is 217 g/mol. The summed E-state index contributed by atoms with van der Waals surface area (Å²) in [5.74, 6) is 0. The van der Waals surface area contributed by atoms with E-state index >= 15 is 0 Å². The van der Waals surface area contributed by atoms with Gasteiger partial charge in [-0.2, -0.15) is 5.26 Å². The Morgan fingerprint density at radius 1 is 1.50 bits per heavy atom. The minimum absolute atomic E-state index is 0.0485. The predicted molar refractivity (Wildman–Crippen MR) is 52.6 cm³/mol. The fraction of sp³-hybridized carbons (Fsp3) is 0.500. The van der Waals surface area contributed by atoms with Crippen molar-refractivity contribution in [3.63, 3.8) is 0 Å². The molecule has 0 spiro atoms. The van der Waals surface area contributed by atoms with E-state index in [4.69, 9.17) is 5.26 Å². The van der Waals surface area contributed by atoms with Crippen molar-refractivity contribution in [1.82, 2.24) is 10.2 Å². The van der Waals surface area contributed by atoms with Gasteiger partial charge in [0.25, 0.3) is 0 Å². The largest absolute Gasteiger partial charge is 0.197 e. The molecular formula is C6H7N3S3. The van der Waals surface area contributed by atoms with Crippen LogP contribution in [0.25, 0.3) is 0 Å². The summed E-state index contributed by atoms with van der Waals surface area (Å²) in [4.78, 5) is 0. The minimum Gasteiger partial charge on any atom is -0.197 e. The maximum absolute atomic E-state index is 8.54. The highest BCUT2D eigenvalue weighted by atomic mass is 32.2. The molecule has 0 fully saturated rings. The van der Waals surface area contributed by atoms with E-state index in [-0.39, 0.29) is 5.25 Å². The highest BCUT2D eigenvalue weighted by molar-refractivity contribution is 8.03. The molecule has 1 heterocycles. The Kier molecular flexibility index (Phi) is 3.85. The van der Waals surface area contributed by atoms with Gasteiger partial charge in [-0.15, -0.1) is 10.2 Å². The van der Waals surface area contributed by atoms with E-state index in [0.29, 0.717) is 0 Å². The molecule has 1 aromatic rings. The van der Waals surface area contributed by atoms with Gasteiger partial charge < -0.3 is 0 Å². The highest BCUT2D eigenvalue weighted by Crippen LogP contribution is 2.29. The summed E-state index contributed by atoms with van der Waals surface area (Å²) in [5, 5.41) is 16.3. The topological polar surface area (TPSA) is 49.6 Å². The number of aromatic nitrogens is 2. The van der Waals surface area contributed by atoms with Crippen LogP contribution in [-0.4, -0.2) is 21.7 Å². The molecule has 0 radical (unpaired) electrons. The lowest BCUT2D eigenvalue weighted by Gasteiger charge is -1.93. The second kappa shape index (κ2) is 4.70. The van der Waals surface area contributed by atoms with Gasteiger partial charge in [0, 0.05) is 0 Å². The van der Waals surface area contributed by atoms with Gasteiger partial charge in [0.05, 0.1) is 11.3 Å². The Balaban J connectivity index is 2.59. The smallest absolute Gasteiger partial charge is 0.176 e. The molecule has 12 heavy (non-hydrogen) atoms. The van der Waals surface area contributed by atoms with Gasteiger partial charge in [-0.25, -0.2) is 0 Å². The number of hydrogen-bond acceptors (Lipinski definition) is 6. The van der Waals surface area contributed by atoms with Crippen LogP contribution in [0.1, 0.15) is 6.92 Å². The van der Waals surface area contributed by atoms with E-state index in [1.54, 1.807) is 11.8 Å². The molecule has 0 bridgehead atoms. The molecule has 1 unspecified atom stereocenters. The van der Waals surface area contributed by atoms with Gasteiger partial charge in [-0.1, -0.05) is 34.9 Å². The van der Waals surface area contributed by atoms with Crippen molar-refractivity contribution in [3.8, 4) is 6.07 Å². The Morgan fingerprint density at radius 2 is 2.17 bits per heavy atom. The lowest BCUT2D eigenvalue weighted by Crippen LogP contribution is -1.88. The molecular weight excluding hydrogens is 210 g/mol. The Hall–Kier alpha value is -0.250. The first kappa shape index (κ1) is 9.84. The number of nitriles is 1. The summed E-state index contributed by atoms with van der Waals surface area (Å²) in [5.41, 5.74) is 0. The Bertz CT molecular complexity index is 290. The third-order valence-corrected chi connectivity index (χ3v) is 4.00. The summed E-state index contributed by atoms with van der Waals surface area (Å²) in [6.45, 7) is 1.85. The zero-order chi connectivity index (χ0) is 8.97. The molecule has 0 aliphatic carbocycles. The van der Waals surface area contributed by atoms with Gasteiger partial charge in [-0.05, 0) is 13.2 Å². The monoisotopic (exact) mass is 217 g/mol. The van der Waals surface area contributed by atoms with Crippen molar-refractivity contribution in [3.05, 3.63) is 0 Å². The van der Waals surface area contributed by atoms with Crippen molar-refractivity contribution in [2.24, 2.45) is 0 Å². The first-order chi connectivity index (χ1) is 5.76. The van der Waals surface area contributed by atoms with Crippen LogP contribution in [0.4, 0.5) is 0 Å². The van der Waals surface area contributed by atoms with Gasteiger partial charge >= 0.3 is 0 Å². The van der Waals surface area contributed by atoms with Gasteiger partial charge in [0.2, 0.25) is 0 Å². The first-order valence-corrected chi connectivity index (χ1v) is 6.12. The van der Waals surface area contributed by atoms with Gasteiger partial charge in [-0.3, -0.25) is 0 Å². The molecule has 0 amide bonds. The van der Waals surface area contributed by atoms with Crippen LogP contribution in [0.5, 0.6) is 0 Å². The third kappa shape index (κ3) is 2.66. The van der Waals surface area contributed by atoms with Crippen LogP contribution in [-0.2, 0) is 0 Å². The normalized spacial score (nSPS) is 12.4. The standard InChI is InChI=1S/C6H7N3S3/c1-4(3-7)11-6-9-8-5(10-2)12-6/h4H,1-2H3. The zero-order valence-electron chi connectivity index (χ0n) is 6.64. The highest BCUT2D eigenvalue weighted by Gasteiger charge is 2.07. The molecule has 1 aromatic heterocycles. The number of thioether (sulfide) groups is 2. The van der Waals surface area contributed by atoms with Crippen LogP contribution >= 0.6 is 34.9 Å². The molecule has 1 rings (SSSR count). The molecule has 0 aliphatic heterocycles. The van der Waals surface area contributed by atoms with Crippen LogP contribution in [0.2, 0.25) is 0 Å². The van der Waals surface area contributed by atoms with Crippen LogP contribution in [0.3, 0.4) is 0 Å². The molecule has 0 saturated heterocycles. The van der Waals surface area contributed by atoms with Gasteiger partial charge in [0.1, 0.15) is 0 Å². The van der Waals surface area contributed by atoms with Crippen molar-refractivity contribution < 1.29 is 0 Å². The fourth-order valence-electron chi connectivity index (χ4n) is 0.505. The quantitative estimate of drug-likeness (QED) is 0.727. The summed E-state index contributed by atoms with van der Waals surface area (Å²) < 4.78 is 1.82. The zero-order valence-corrected chi connectivity index (χ0v) is 9.09. The molecule has 64 valence electrons. The Morgan fingerprint density at radius 3 is 2.67 bits per heavy atom. The lowest BCUT2D eigenvalue weighted by atomic mass is 10.5. The maximum Gasteiger partial charge on any atom is 0.176 e. The first-order valence-electron chi connectivity index (χ1n) is 3.20. The van der Waals surface area contributed by atoms with Crippen LogP contribution in [0, 0.1) is 11.3 Å². The second-order valence-corrected chi connectivity index (χ2v) is 5.55. The molecule has 1 atom stereocenters. The minimum atomic E-state index is -0.0485. The SMILES string of the molecule is CSc1nnc(SC(C)C#N)s1.